The third-order valence-electron chi connectivity index (χ3n) is 6.87. The normalized spacial score (nSPS) is 23.4. The lowest BCUT2D eigenvalue weighted by atomic mass is 9.79. The standard InChI is InChI=1S/C23H34N4O3S2/c1-3-4-5-17-6-8-18(9-7-17)22(28)25-23-24-20-11-10-19(16-21(20)31-23)32(29,30)27-14-12-26(2)13-15-27/h10-11,16-18H,3-9,12-15H2,1-2H3,(H,24,25,28). The number of unbranched alkanes of at least 4 members (excludes halogenated alkanes) is 1. The molecule has 32 heavy (non-hydrogen) atoms. The summed E-state index contributed by atoms with van der Waals surface area (Å²) in [4.78, 5) is 19.7. The number of hydrogen-bond donors (Lipinski definition) is 1. The third-order valence-corrected chi connectivity index (χ3v) is 9.70. The first-order valence-corrected chi connectivity index (χ1v) is 14.0. The van der Waals surface area contributed by atoms with Gasteiger partial charge in [0.2, 0.25) is 15.9 Å². The number of sulfonamides is 1. The molecule has 1 aliphatic heterocycles. The van der Waals surface area contributed by atoms with Gasteiger partial charge in [0.05, 0.1) is 15.1 Å². The van der Waals surface area contributed by atoms with Crippen LogP contribution in [-0.4, -0.2) is 61.7 Å². The van der Waals surface area contributed by atoms with E-state index in [-0.39, 0.29) is 11.8 Å². The molecule has 7 nitrogen and oxygen atoms in total. The average Bonchev–Trinajstić information content (AvgIpc) is 3.19. The topological polar surface area (TPSA) is 82.6 Å². The van der Waals surface area contributed by atoms with Crippen LogP contribution in [0.1, 0.15) is 51.9 Å². The molecule has 1 aromatic heterocycles. The summed E-state index contributed by atoms with van der Waals surface area (Å²) in [6.07, 6.45) is 7.94. The van der Waals surface area contributed by atoms with Crippen LogP contribution in [-0.2, 0) is 14.8 Å². The number of anilines is 1. The Morgan fingerprint density at radius 3 is 2.56 bits per heavy atom. The molecule has 1 amide bonds. The number of benzene rings is 1. The van der Waals surface area contributed by atoms with E-state index < -0.39 is 10.0 Å². The molecule has 1 aliphatic carbocycles. The summed E-state index contributed by atoms with van der Waals surface area (Å²) < 4.78 is 28.4. The van der Waals surface area contributed by atoms with Crippen LogP contribution in [0.3, 0.4) is 0 Å². The quantitative estimate of drug-likeness (QED) is 0.646. The number of aromatic nitrogens is 1. The van der Waals surface area contributed by atoms with Gasteiger partial charge in [-0.2, -0.15) is 4.31 Å². The lowest BCUT2D eigenvalue weighted by Gasteiger charge is -2.31. The molecule has 0 atom stereocenters. The van der Waals surface area contributed by atoms with Gasteiger partial charge < -0.3 is 10.2 Å². The van der Waals surface area contributed by atoms with E-state index in [2.05, 4.69) is 22.1 Å². The van der Waals surface area contributed by atoms with Gasteiger partial charge in [-0.05, 0) is 56.8 Å². The van der Waals surface area contributed by atoms with Crippen LogP contribution in [0.15, 0.2) is 23.1 Å². The number of nitrogens with one attached hydrogen (secondary N) is 1. The van der Waals surface area contributed by atoms with Crippen molar-refractivity contribution in [3.63, 3.8) is 0 Å². The van der Waals surface area contributed by atoms with Crippen LogP contribution < -0.4 is 5.32 Å². The number of likely N-dealkylation sites (N-methyl/N-ethyl adjacent to an activating group) is 1. The van der Waals surface area contributed by atoms with E-state index in [0.29, 0.717) is 28.6 Å². The van der Waals surface area contributed by atoms with Crippen molar-refractivity contribution in [3.05, 3.63) is 18.2 Å². The first-order valence-electron chi connectivity index (χ1n) is 11.8. The molecular formula is C23H34N4O3S2. The number of amides is 1. The molecular weight excluding hydrogens is 444 g/mol. The Hall–Kier alpha value is -1.55. The Kier molecular flexibility index (Phi) is 7.49. The summed E-state index contributed by atoms with van der Waals surface area (Å²) in [6.45, 7) is 4.70. The molecule has 1 N–H and O–H groups in total. The summed E-state index contributed by atoms with van der Waals surface area (Å²) in [5, 5.41) is 3.54. The molecule has 0 unspecified atom stereocenters. The molecule has 0 spiro atoms. The van der Waals surface area contributed by atoms with Crippen molar-refractivity contribution in [2.45, 2.75) is 56.8 Å². The number of thiazole rings is 1. The molecule has 0 bridgehead atoms. The number of fused-ring (bicyclic) bond motifs is 1. The van der Waals surface area contributed by atoms with E-state index in [1.54, 1.807) is 22.5 Å². The monoisotopic (exact) mass is 478 g/mol. The average molecular weight is 479 g/mol. The predicted molar refractivity (Wildman–Crippen MR) is 129 cm³/mol. The summed E-state index contributed by atoms with van der Waals surface area (Å²) >= 11 is 1.34. The van der Waals surface area contributed by atoms with Gasteiger partial charge in [-0.3, -0.25) is 4.79 Å². The zero-order valence-corrected chi connectivity index (χ0v) is 20.7. The molecule has 1 aromatic carbocycles. The van der Waals surface area contributed by atoms with Crippen LogP contribution in [0.5, 0.6) is 0 Å². The molecule has 0 radical (unpaired) electrons. The molecule has 2 aliphatic rings. The Morgan fingerprint density at radius 1 is 1.16 bits per heavy atom. The highest BCUT2D eigenvalue weighted by atomic mass is 32.2. The molecule has 2 fully saturated rings. The molecule has 1 saturated heterocycles. The Balaban J connectivity index is 1.40. The van der Waals surface area contributed by atoms with Gasteiger partial charge in [0.15, 0.2) is 5.13 Å². The molecule has 1 saturated carbocycles. The Labute approximate surface area is 195 Å². The number of hydrogen-bond acceptors (Lipinski definition) is 6. The van der Waals surface area contributed by atoms with Gasteiger partial charge in [0.25, 0.3) is 0 Å². The maximum atomic E-state index is 13.0. The zero-order chi connectivity index (χ0) is 22.7. The van der Waals surface area contributed by atoms with E-state index in [0.717, 1.165) is 49.4 Å². The summed E-state index contributed by atoms with van der Waals surface area (Å²) in [7, 11) is -1.52. The lowest BCUT2D eigenvalue weighted by Crippen LogP contribution is -2.46. The second-order valence-corrected chi connectivity index (χ2v) is 12.2. The van der Waals surface area contributed by atoms with E-state index in [4.69, 9.17) is 0 Å². The summed E-state index contributed by atoms with van der Waals surface area (Å²) in [5.41, 5.74) is 0.714. The zero-order valence-electron chi connectivity index (χ0n) is 19.0. The SMILES string of the molecule is CCCCC1CCC(C(=O)Nc2nc3ccc(S(=O)(=O)N4CCN(C)CC4)cc3s2)CC1. The fourth-order valence-corrected chi connectivity index (χ4v) is 7.14. The van der Waals surface area contributed by atoms with Gasteiger partial charge >= 0.3 is 0 Å². The van der Waals surface area contributed by atoms with Gasteiger partial charge in [-0.1, -0.05) is 37.5 Å². The van der Waals surface area contributed by atoms with Crippen LogP contribution >= 0.6 is 11.3 Å². The minimum absolute atomic E-state index is 0.0447. The molecule has 2 heterocycles. The van der Waals surface area contributed by atoms with Gasteiger partial charge in [-0.25, -0.2) is 13.4 Å². The fourth-order valence-electron chi connectivity index (χ4n) is 4.71. The van der Waals surface area contributed by atoms with Crippen LogP contribution in [0.2, 0.25) is 0 Å². The van der Waals surface area contributed by atoms with E-state index in [1.165, 1.54) is 30.6 Å². The molecule has 176 valence electrons. The number of nitrogens with zero attached hydrogens (tertiary/aromatic N) is 3. The van der Waals surface area contributed by atoms with Crippen molar-refractivity contribution in [1.29, 1.82) is 0 Å². The second-order valence-electron chi connectivity index (χ2n) is 9.21. The highest BCUT2D eigenvalue weighted by molar-refractivity contribution is 7.89. The molecule has 9 heteroatoms. The number of piperazine rings is 1. The summed E-state index contributed by atoms with van der Waals surface area (Å²) in [6, 6.07) is 5.05. The van der Waals surface area contributed by atoms with E-state index in [9.17, 15) is 13.2 Å². The number of rotatable bonds is 7. The molecule has 2 aromatic rings. The van der Waals surface area contributed by atoms with Crippen molar-refractivity contribution in [1.82, 2.24) is 14.2 Å². The number of carbonyl (C=O) groups is 1. The smallest absolute Gasteiger partial charge is 0.243 e. The highest BCUT2D eigenvalue weighted by Gasteiger charge is 2.29. The Bertz CT molecular complexity index is 1040. The molecule has 4 rings (SSSR count). The van der Waals surface area contributed by atoms with Gasteiger partial charge in [0.1, 0.15) is 0 Å². The lowest BCUT2D eigenvalue weighted by molar-refractivity contribution is -0.121. The first-order chi connectivity index (χ1) is 15.4. The largest absolute Gasteiger partial charge is 0.304 e. The minimum Gasteiger partial charge on any atom is -0.304 e. The maximum Gasteiger partial charge on any atom is 0.243 e. The fraction of sp³-hybridized carbons (Fsp3) is 0.652. The van der Waals surface area contributed by atoms with E-state index >= 15 is 0 Å². The highest BCUT2D eigenvalue weighted by Crippen LogP contribution is 2.34. The van der Waals surface area contributed by atoms with Crippen molar-refractivity contribution < 1.29 is 13.2 Å². The maximum absolute atomic E-state index is 13.0. The van der Waals surface area contributed by atoms with Gasteiger partial charge in [-0.15, -0.1) is 0 Å². The second kappa shape index (κ2) is 10.2. The van der Waals surface area contributed by atoms with Crippen molar-refractivity contribution in [3.8, 4) is 0 Å². The van der Waals surface area contributed by atoms with Crippen LogP contribution in [0.25, 0.3) is 10.2 Å². The summed E-state index contributed by atoms with van der Waals surface area (Å²) in [5.74, 6) is 0.860. The van der Waals surface area contributed by atoms with Crippen LogP contribution in [0.4, 0.5) is 5.13 Å². The van der Waals surface area contributed by atoms with Crippen LogP contribution in [0, 0.1) is 11.8 Å². The van der Waals surface area contributed by atoms with Crippen molar-refractivity contribution in [2.24, 2.45) is 11.8 Å². The van der Waals surface area contributed by atoms with E-state index in [1.807, 2.05) is 7.05 Å². The predicted octanol–water partition coefficient (Wildman–Crippen LogP) is 4.17. The van der Waals surface area contributed by atoms with Gasteiger partial charge in [0, 0.05) is 32.1 Å². The van der Waals surface area contributed by atoms with Crippen molar-refractivity contribution in [2.75, 3.05) is 38.5 Å². The Morgan fingerprint density at radius 2 is 1.88 bits per heavy atom. The third kappa shape index (κ3) is 5.32. The minimum atomic E-state index is -3.52. The first kappa shape index (κ1) is 23.6. The van der Waals surface area contributed by atoms with Crippen molar-refractivity contribution >= 4 is 42.6 Å². The number of carbonyl (C=O) groups excluding carboxylic acids is 1.